The van der Waals surface area contributed by atoms with E-state index in [9.17, 15) is 14.0 Å². The molecule has 2 heterocycles. The van der Waals surface area contributed by atoms with Crippen LogP contribution in [0.25, 0.3) is 0 Å². The Hall–Kier alpha value is -2.54. The summed E-state index contributed by atoms with van der Waals surface area (Å²) < 4.78 is 18.3. The van der Waals surface area contributed by atoms with Gasteiger partial charge in [0.15, 0.2) is 0 Å². The third-order valence-electron chi connectivity index (χ3n) is 4.40. The van der Waals surface area contributed by atoms with Gasteiger partial charge in [0.1, 0.15) is 23.0 Å². The number of carbonyl (C=O) groups is 2. The molecule has 2 fully saturated rings. The summed E-state index contributed by atoms with van der Waals surface area (Å²) in [5.41, 5.74) is 1.33. The molecule has 7 heteroatoms. The minimum absolute atomic E-state index is 0.229. The van der Waals surface area contributed by atoms with Gasteiger partial charge in [-0.05, 0) is 42.0 Å². The molecule has 2 saturated heterocycles. The average molecular weight is 358 g/mol. The minimum Gasteiger partial charge on any atom is -0.497 e. The first-order valence-electron chi connectivity index (χ1n) is 7.77. The van der Waals surface area contributed by atoms with Crippen molar-refractivity contribution in [3.8, 4) is 5.75 Å². The van der Waals surface area contributed by atoms with Crippen molar-refractivity contribution in [3.05, 3.63) is 59.9 Å². The molecular formula is C18H15FN2O3S. The molecule has 25 heavy (non-hydrogen) atoms. The second-order valence-corrected chi connectivity index (χ2v) is 6.93. The van der Waals surface area contributed by atoms with Crippen LogP contribution in [0, 0.1) is 5.82 Å². The van der Waals surface area contributed by atoms with E-state index < -0.39 is 6.04 Å². The lowest BCUT2D eigenvalue weighted by Crippen LogP contribution is -2.33. The van der Waals surface area contributed by atoms with E-state index in [1.807, 2.05) is 0 Å². The Balaban J connectivity index is 1.65. The third-order valence-corrected chi connectivity index (χ3v) is 5.73. The number of fused-ring (bicyclic) bond motifs is 1. The Kier molecular flexibility index (Phi) is 3.88. The van der Waals surface area contributed by atoms with Crippen LogP contribution < -0.4 is 9.64 Å². The van der Waals surface area contributed by atoms with Crippen LogP contribution in [0.4, 0.5) is 14.9 Å². The lowest BCUT2D eigenvalue weighted by Gasteiger charge is -2.23. The third kappa shape index (κ3) is 2.55. The standard InChI is InChI=1S/C18H15FN2O3S/c1-24-14-8-6-13(7-9-14)20-16(22)15-10-25-17(21(15)18(20)23)11-2-4-12(19)5-3-11/h2-9,15,17H,10H2,1H3/t15-,17-/m0/s1. The van der Waals surface area contributed by atoms with E-state index in [-0.39, 0.29) is 23.1 Å². The molecule has 3 amide bonds. The molecule has 0 radical (unpaired) electrons. The average Bonchev–Trinajstić information content (AvgIpc) is 3.17. The second-order valence-electron chi connectivity index (χ2n) is 5.81. The highest BCUT2D eigenvalue weighted by Gasteiger charge is 2.53. The minimum atomic E-state index is -0.491. The molecule has 0 unspecified atom stereocenters. The van der Waals surface area contributed by atoms with E-state index in [4.69, 9.17) is 4.74 Å². The highest BCUT2D eigenvalue weighted by molar-refractivity contribution is 7.99. The normalized spacial score (nSPS) is 22.5. The second kappa shape index (κ2) is 6.07. The molecule has 0 N–H and O–H groups in total. The Bertz CT molecular complexity index is 825. The zero-order valence-electron chi connectivity index (χ0n) is 13.4. The molecule has 0 aromatic heterocycles. The number of benzene rings is 2. The van der Waals surface area contributed by atoms with Crippen molar-refractivity contribution in [1.29, 1.82) is 0 Å². The number of methoxy groups -OCH3 is 1. The van der Waals surface area contributed by atoms with Gasteiger partial charge in [-0.15, -0.1) is 11.8 Å². The number of rotatable bonds is 3. The van der Waals surface area contributed by atoms with Gasteiger partial charge >= 0.3 is 6.03 Å². The molecule has 0 bridgehead atoms. The molecule has 0 aliphatic carbocycles. The molecule has 2 aliphatic rings. The number of halogens is 1. The maximum atomic E-state index is 13.2. The van der Waals surface area contributed by atoms with Gasteiger partial charge in [-0.2, -0.15) is 0 Å². The number of urea groups is 1. The number of nitrogens with zero attached hydrogens (tertiary/aromatic N) is 2. The summed E-state index contributed by atoms with van der Waals surface area (Å²) in [6.45, 7) is 0. The summed E-state index contributed by atoms with van der Waals surface area (Å²) in [7, 11) is 1.56. The molecule has 2 aliphatic heterocycles. The number of amides is 3. The van der Waals surface area contributed by atoms with Gasteiger partial charge in [-0.25, -0.2) is 14.1 Å². The molecule has 5 nitrogen and oxygen atoms in total. The summed E-state index contributed by atoms with van der Waals surface area (Å²) in [6.07, 6.45) is 0. The molecule has 2 atom stereocenters. The Morgan fingerprint density at radius 3 is 2.40 bits per heavy atom. The van der Waals surface area contributed by atoms with Gasteiger partial charge < -0.3 is 4.74 Å². The van der Waals surface area contributed by atoms with Crippen LogP contribution in [0.5, 0.6) is 5.75 Å². The number of ether oxygens (including phenoxy) is 1. The van der Waals surface area contributed by atoms with Crippen molar-refractivity contribution in [2.45, 2.75) is 11.4 Å². The van der Waals surface area contributed by atoms with Crippen LogP contribution >= 0.6 is 11.8 Å². The number of anilines is 1. The van der Waals surface area contributed by atoms with Crippen LogP contribution in [-0.2, 0) is 4.79 Å². The fraction of sp³-hybridized carbons (Fsp3) is 0.222. The van der Waals surface area contributed by atoms with Crippen molar-refractivity contribution in [2.75, 3.05) is 17.8 Å². The highest BCUT2D eigenvalue weighted by atomic mass is 32.2. The lowest BCUT2D eigenvalue weighted by atomic mass is 10.2. The SMILES string of the molecule is COc1ccc(N2C(=O)[C@@H]3CS[C@@H](c4ccc(F)cc4)N3C2=O)cc1. The molecule has 0 saturated carbocycles. The van der Waals surface area contributed by atoms with Crippen molar-refractivity contribution in [3.63, 3.8) is 0 Å². The van der Waals surface area contributed by atoms with Crippen LogP contribution in [0.1, 0.15) is 10.9 Å². The van der Waals surface area contributed by atoms with Crippen molar-refractivity contribution in [2.24, 2.45) is 0 Å². The smallest absolute Gasteiger partial charge is 0.333 e. The zero-order chi connectivity index (χ0) is 17.6. The Morgan fingerprint density at radius 1 is 1.08 bits per heavy atom. The summed E-state index contributed by atoms with van der Waals surface area (Å²) >= 11 is 1.52. The summed E-state index contributed by atoms with van der Waals surface area (Å²) in [5, 5.41) is -0.287. The number of thioether (sulfide) groups is 1. The van der Waals surface area contributed by atoms with Crippen LogP contribution in [0.2, 0.25) is 0 Å². The number of hydrogen-bond acceptors (Lipinski definition) is 4. The maximum Gasteiger partial charge on any atom is 0.333 e. The quantitative estimate of drug-likeness (QED) is 0.789. The molecular weight excluding hydrogens is 343 g/mol. The van der Waals surface area contributed by atoms with Crippen molar-refractivity contribution >= 4 is 29.4 Å². The fourth-order valence-electron chi connectivity index (χ4n) is 3.14. The summed E-state index contributed by atoms with van der Waals surface area (Å²) in [6, 6.07) is 12.0. The van der Waals surface area contributed by atoms with Gasteiger partial charge in [-0.3, -0.25) is 9.69 Å². The van der Waals surface area contributed by atoms with Crippen molar-refractivity contribution < 1.29 is 18.7 Å². The molecule has 128 valence electrons. The van der Waals surface area contributed by atoms with E-state index in [0.717, 1.165) is 5.56 Å². The van der Waals surface area contributed by atoms with Gasteiger partial charge in [0.25, 0.3) is 5.91 Å². The Morgan fingerprint density at radius 2 is 1.76 bits per heavy atom. The predicted octanol–water partition coefficient (Wildman–Crippen LogP) is 3.42. The fourth-order valence-corrected chi connectivity index (χ4v) is 4.56. The van der Waals surface area contributed by atoms with E-state index >= 15 is 0 Å². The highest BCUT2D eigenvalue weighted by Crippen LogP contribution is 2.46. The van der Waals surface area contributed by atoms with E-state index in [0.29, 0.717) is 17.2 Å². The predicted molar refractivity (Wildman–Crippen MR) is 93.1 cm³/mol. The van der Waals surface area contributed by atoms with E-state index in [1.54, 1.807) is 48.4 Å². The molecule has 4 rings (SSSR count). The molecule has 0 spiro atoms. The number of imide groups is 1. The monoisotopic (exact) mass is 358 g/mol. The van der Waals surface area contributed by atoms with Crippen LogP contribution in [-0.4, -0.2) is 35.7 Å². The lowest BCUT2D eigenvalue weighted by molar-refractivity contribution is -0.119. The van der Waals surface area contributed by atoms with E-state index in [2.05, 4.69) is 0 Å². The van der Waals surface area contributed by atoms with E-state index in [1.165, 1.54) is 28.8 Å². The van der Waals surface area contributed by atoms with Gasteiger partial charge in [0.05, 0.1) is 12.8 Å². The topological polar surface area (TPSA) is 49.9 Å². The van der Waals surface area contributed by atoms with Gasteiger partial charge in [0.2, 0.25) is 0 Å². The number of carbonyl (C=O) groups excluding carboxylic acids is 2. The van der Waals surface area contributed by atoms with Crippen LogP contribution in [0.15, 0.2) is 48.5 Å². The zero-order valence-corrected chi connectivity index (χ0v) is 14.2. The van der Waals surface area contributed by atoms with Gasteiger partial charge in [0, 0.05) is 5.75 Å². The Labute approximate surface area is 148 Å². The first-order chi connectivity index (χ1) is 12.1. The first kappa shape index (κ1) is 16.0. The number of hydrogen-bond donors (Lipinski definition) is 0. The van der Waals surface area contributed by atoms with Crippen LogP contribution in [0.3, 0.4) is 0 Å². The molecule has 2 aromatic carbocycles. The molecule has 2 aromatic rings. The summed E-state index contributed by atoms with van der Waals surface area (Å²) in [5.74, 6) is 0.626. The largest absolute Gasteiger partial charge is 0.497 e. The van der Waals surface area contributed by atoms with Crippen molar-refractivity contribution in [1.82, 2.24) is 4.90 Å². The summed E-state index contributed by atoms with van der Waals surface area (Å²) in [4.78, 5) is 28.5. The van der Waals surface area contributed by atoms with Gasteiger partial charge in [-0.1, -0.05) is 12.1 Å². The maximum absolute atomic E-state index is 13.2. The first-order valence-corrected chi connectivity index (χ1v) is 8.82.